The molecule has 2 aromatic heterocycles. The standard InChI is InChI=1S/C15H14N4O3S2/c1-18-14(13-4-3-7-23-13)16-17-15(18)24-9-10-8-11(19(20)21)5-6-12(10)22-2/h3-8H,9H2,1-2H3. The van der Waals surface area contributed by atoms with Gasteiger partial charge in [0, 0.05) is 30.5 Å². The van der Waals surface area contributed by atoms with Crippen molar-refractivity contribution in [3.63, 3.8) is 0 Å². The molecule has 0 aliphatic carbocycles. The maximum atomic E-state index is 10.9. The minimum absolute atomic E-state index is 0.0450. The quantitative estimate of drug-likeness (QED) is 0.377. The molecular formula is C15H14N4O3S2. The van der Waals surface area contributed by atoms with E-state index in [-0.39, 0.29) is 5.69 Å². The molecule has 0 spiro atoms. The molecule has 0 aliphatic rings. The van der Waals surface area contributed by atoms with Gasteiger partial charge in [0.15, 0.2) is 11.0 Å². The molecule has 3 rings (SSSR count). The van der Waals surface area contributed by atoms with Gasteiger partial charge in [0.25, 0.3) is 5.69 Å². The van der Waals surface area contributed by atoms with Gasteiger partial charge in [-0.15, -0.1) is 21.5 Å². The average Bonchev–Trinajstić information content (AvgIpc) is 3.22. The van der Waals surface area contributed by atoms with E-state index in [1.165, 1.54) is 23.9 Å². The zero-order chi connectivity index (χ0) is 17.1. The van der Waals surface area contributed by atoms with Gasteiger partial charge in [-0.2, -0.15) is 0 Å². The van der Waals surface area contributed by atoms with Crippen LogP contribution in [0.2, 0.25) is 0 Å². The van der Waals surface area contributed by atoms with Crippen LogP contribution in [-0.2, 0) is 12.8 Å². The minimum atomic E-state index is -0.412. The van der Waals surface area contributed by atoms with Crippen molar-refractivity contribution in [3.8, 4) is 16.5 Å². The smallest absolute Gasteiger partial charge is 0.270 e. The first-order chi connectivity index (χ1) is 11.6. The highest BCUT2D eigenvalue weighted by Crippen LogP contribution is 2.31. The number of hydrogen-bond donors (Lipinski definition) is 0. The van der Waals surface area contributed by atoms with Crippen molar-refractivity contribution in [1.82, 2.24) is 14.8 Å². The molecule has 2 heterocycles. The van der Waals surface area contributed by atoms with E-state index in [9.17, 15) is 10.1 Å². The fourth-order valence-corrected chi connectivity index (χ4v) is 3.83. The second kappa shape index (κ2) is 7.02. The van der Waals surface area contributed by atoms with E-state index in [0.717, 1.165) is 21.4 Å². The van der Waals surface area contributed by atoms with Crippen molar-refractivity contribution in [2.45, 2.75) is 10.9 Å². The number of non-ortho nitro benzene ring substituents is 1. The second-order valence-corrected chi connectivity index (χ2v) is 6.77. The third-order valence-electron chi connectivity index (χ3n) is 3.41. The molecule has 0 saturated carbocycles. The maximum Gasteiger partial charge on any atom is 0.270 e. The van der Waals surface area contributed by atoms with Crippen LogP contribution in [0, 0.1) is 10.1 Å². The summed E-state index contributed by atoms with van der Waals surface area (Å²) in [5.74, 6) is 1.92. The second-order valence-electron chi connectivity index (χ2n) is 4.88. The number of rotatable bonds is 6. The lowest BCUT2D eigenvalue weighted by molar-refractivity contribution is -0.384. The van der Waals surface area contributed by atoms with Gasteiger partial charge in [0.1, 0.15) is 5.75 Å². The Labute approximate surface area is 146 Å². The summed E-state index contributed by atoms with van der Waals surface area (Å²) in [4.78, 5) is 11.6. The van der Waals surface area contributed by atoms with Crippen LogP contribution < -0.4 is 4.74 Å². The topological polar surface area (TPSA) is 83.1 Å². The van der Waals surface area contributed by atoms with Gasteiger partial charge >= 0.3 is 0 Å². The lowest BCUT2D eigenvalue weighted by Crippen LogP contribution is -1.96. The number of benzene rings is 1. The normalized spacial score (nSPS) is 10.8. The fourth-order valence-electron chi connectivity index (χ4n) is 2.19. The third-order valence-corrected chi connectivity index (χ3v) is 5.34. The Morgan fingerprint density at radius 2 is 2.21 bits per heavy atom. The van der Waals surface area contributed by atoms with E-state index < -0.39 is 4.92 Å². The summed E-state index contributed by atoms with van der Waals surface area (Å²) in [6, 6.07) is 8.54. The van der Waals surface area contributed by atoms with Crippen LogP contribution in [0.25, 0.3) is 10.7 Å². The number of methoxy groups -OCH3 is 1. The molecule has 9 heteroatoms. The molecule has 1 aromatic carbocycles. The summed E-state index contributed by atoms with van der Waals surface area (Å²) in [7, 11) is 3.45. The van der Waals surface area contributed by atoms with Gasteiger partial charge in [-0.1, -0.05) is 17.8 Å². The van der Waals surface area contributed by atoms with Crippen LogP contribution in [-0.4, -0.2) is 26.8 Å². The molecule has 0 radical (unpaired) electrons. The molecule has 124 valence electrons. The van der Waals surface area contributed by atoms with Crippen LogP contribution in [0.5, 0.6) is 5.75 Å². The summed E-state index contributed by atoms with van der Waals surface area (Å²) >= 11 is 3.06. The van der Waals surface area contributed by atoms with E-state index in [1.807, 2.05) is 29.1 Å². The van der Waals surface area contributed by atoms with Gasteiger partial charge in [-0.3, -0.25) is 10.1 Å². The van der Waals surface area contributed by atoms with Gasteiger partial charge in [0.2, 0.25) is 0 Å². The van der Waals surface area contributed by atoms with E-state index in [1.54, 1.807) is 24.5 Å². The summed E-state index contributed by atoms with van der Waals surface area (Å²) in [6.45, 7) is 0. The van der Waals surface area contributed by atoms with Crippen molar-refractivity contribution in [2.24, 2.45) is 7.05 Å². The van der Waals surface area contributed by atoms with E-state index in [4.69, 9.17) is 4.74 Å². The highest BCUT2D eigenvalue weighted by Gasteiger charge is 2.15. The molecule has 0 amide bonds. The monoisotopic (exact) mass is 362 g/mol. The molecule has 0 bridgehead atoms. The van der Waals surface area contributed by atoms with Crippen LogP contribution in [0.15, 0.2) is 40.9 Å². The average molecular weight is 362 g/mol. The molecule has 0 aliphatic heterocycles. The molecule has 0 N–H and O–H groups in total. The summed E-state index contributed by atoms with van der Waals surface area (Å²) in [5.41, 5.74) is 0.793. The number of hydrogen-bond acceptors (Lipinski definition) is 7. The van der Waals surface area contributed by atoms with Crippen molar-refractivity contribution in [2.75, 3.05) is 7.11 Å². The van der Waals surface area contributed by atoms with Crippen molar-refractivity contribution < 1.29 is 9.66 Å². The first-order valence-electron chi connectivity index (χ1n) is 6.97. The number of nitrogens with zero attached hydrogens (tertiary/aromatic N) is 4. The molecule has 0 atom stereocenters. The van der Waals surface area contributed by atoms with Crippen LogP contribution in [0.3, 0.4) is 0 Å². The SMILES string of the molecule is COc1ccc([N+](=O)[O-])cc1CSc1nnc(-c2cccs2)n1C. The fraction of sp³-hybridized carbons (Fsp3) is 0.200. The number of nitro groups is 1. The summed E-state index contributed by atoms with van der Waals surface area (Å²) in [6.07, 6.45) is 0. The molecular weight excluding hydrogens is 348 g/mol. The minimum Gasteiger partial charge on any atom is -0.496 e. The predicted octanol–water partition coefficient (Wildman–Crippen LogP) is 3.75. The number of aromatic nitrogens is 3. The van der Waals surface area contributed by atoms with E-state index >= 15 is 0 Å². The Hall–Kier alpha value is -2.39. The third kappa shape index (κ3) is 3.26. The van der Waals surface area contributed by atoms with Crippen LogP contribution >= 0.6 is 23.1 Å². The van der Waals surface area contributed by atoms with Gasteiger partial charge in [-0.05, 0) is 17.5 Å². The van der Waals surface area contributed by atoms with Crippen molar-refractivity contribution >= 4 is 28.8 Å². The first kappa shape index (κ1) is 16.5. The molecule has 0 saturated heterocycles. The highest BCUT2D eigenvalue weighted by atomic mass is 32.2. The van der Waals surface area contributed by atoms with Gasteiger partial charge in [0.05, 0.1) is 16.9 Å². The lowest BCUT2D eigenvalue weighted by Gasteiger charge is -2.08. The number of ether oxygens (including phenoxy) is 1. The lowest BCUT2D eigenvalue weighted by atomic mass is 10.2. The number of thiophene rings is 1. The molecule has 0 fully saturated rings. The zero-order valence-corrected chi connectivity index (χ0v) is 14.6. The Bertz CT molecular complexity index is 862. The summed E-state index contributed by atoms with van der Waals surface area (Å²) < 4.78 is 7.20. The summed E-state index contributed by atoms with van der Waals surface area (Å²) in [5, 5.41) is 22.1. The number of nitro benzene ring substituents is 1. The van der Waals surface area contributed by atoms with Crippen LogP contribution in [0.1, 0.15) is 5.56 Å². The predicted molar refractivity (Wildman–Crippen MR) is 93.5 cm³/mol. The van der Waals surface area contributed by atoms with E-state index in [2.05, 4.69) is 10.2 Å². The molecule has 3 aromatic rings. The van der Waals surface area contributed by atoms with E-state index in [0.29, 0.717) is 11.5 Å². The van der Waals surface area contributed by atoms with Crippen molar-refractivity contribution in [3.05, 3.63) is 51.4 Å². The van der Waals surface area contributed by atoms with Crippen molar-refractivity contribution in [1.29, 1.82) is 0 Å². The van der Waals surface area contributed by atoms with Crippen LogP contribution in [0.4, 0.5) is 5.69 Å². The Kier molecular flexibility index (Phi) is 4.81. The Morgan fingerprint density at radius 1 is 1.38 bits per heavy atom. The zero-order valence-electron chi connectivity index (χ0n) is 13.0. The molecule has 24 heavy (non-hydrogen) atoms. The number of thioether (sulfide) groups is 1. The first-order valence-corrected chi connectivity index (χ1v) is 8.84. The maximum absolute atomic E-state index is 10.9. The largest absolute Gasteiger partial charge is 0.496 e. The molecule has 0 unspecified atom stereocenters. The van der Waals surface area contributed by atoms with Gasteiger partial charge in [-0.25, -0.2) is 0 Å². The van der Waals surface area contributed by atoms with Gasteiger partial charge < -0.3 is 9.30 Å². The Balaban J connectivity index is 1.81. The Morgan fingerprint density at radius 3 is 2.88 bits per heavy atom. The highest BCUT2D eigenvalue weighted by molar-refractivity contribution is 7.98. The molecule has 7 nitrogen and oxygen atoms in total.